The van der Waals surface area contributed by atoms with Crippen molar-refractivity contribution in [3.8, 4) is 0 Å². The molecule has 3 aliphatic rings. The van der Waals surface area contributed by atoms with Crippen molar-refractivity contribution in [1.29, 1.82) is 0 Å². The maximum atomic E-state index is 6.23. The molecule has 0 amide bonds. The first-order valence-corrected chi connectivity index (χ1v) is 13.1. The first-order valence-electron chi connectivity index (χ1n) is 13.1. The Balaban J connectivity index is 1.49. The van der Waals surface area contributed by atoms with Gasteiger partial charge in [-0.25, -0.2) is 4.98 Å². The van der Waals surface area contributed by atoms with Crippen LogP contribution in [0.2, 0.25) is 0 Å². The van der Waals surface area contributed by atoms with Crippen molar-refractivity contribution in [3.63, 3.8) is 0 Å². The Labute approximate surface area is 217 Å². The van der Waals surface area contributed by atoms with Crippen LogP contribution in [0.5, 0.6) is 0 Å². The largest absolute Gasteiger partial charge is 0.503 e. The van der Waals surface area contributed by atoms with Crippen LogP contribution in [-0.2, 0) is 15.7 Å². The molecule has 0 N–H and O–H groups in total. The molecule has 0 saturated carbocycles. The van der Waals surface area contributed by atoms with Crippen LogP contribution in [0.15, 0.2) is 83.7 Å². The van der Waals surface area contributed by atoms with Crippen LogP contribution in [0.4, 0.5) is 0 Å². The van der Waals surface area contributed by atoms with Gasteiger partial charge in [0.1, 0.15) is 0 Å². The fraction of sp³-hybridized carbons (Fsp3) is 0.242. The average molecular weight is 481 g/mol. The number of aromatic nitrogens is 1. The highest BCUT2D eigenvalue weighted by atomic mass is 16.7. The third kappa shape index (κ3) is 3.35. The third-order valence-corrected chi connectivity index (χ3v) is 8.39. The quantitative estimate of drug-likeness (QED) is 0.167. The molecule has 180 valence electrons. The van der Waals surface area contributed by atoms with Crippen molar-refractivity contribution in [2.45, 2.75) is 51.7 Å². The summed E-state index contributed by atoms with van der Waals surface area (Å²) in [7, 11) is -0.459. The molecule has 4 heteroatoms. The summed E-state index contributed by atoms with van der Waals surface area (Å²) in [5.74, 6) is 0. The van der Waals surface area contributed by atoms with Gasteiger partial charge < -0.3 is 9.31 Å². The highest BCUT2D eigenvalue weighted by Crippen LogP contribution is 2.42. The molecule has 37 heavy (non-hydrogen) atoms. The first-order chi connectivity index (χ1) is 17.8. The highest BCUT2D eigenvalue weighted by molar-refractivity contribution is 6.55. The minimum Gasteiger partial charge on any atom is -0.399 e. The zero-order chi connectivity index (χ0) is 25.4. The second kappa shape index (κ2) is 7.92. The normalized spacial score (nSPS) is 19.5. The molecule has 0 radical (unpaired) electrons. The number of nitrogens with zero attached hydrogens (tertiary/aromatic N) is 1. The Hall–Kier alpha value is -3.65. The number of aryl methyl sites for hydroxylation is 1. The predicted molar refractivity (Wildman–Crippen MR) is 153 cm³/mol. The molecule has 1 fully saturated rings. The molecule has 1 aliphatic heterocycles. The lowest BCUT2D eigenvalue weighted by molar-refractivity contribution is 0.00578. The van der Waals surface area contributed by atoms with Crippen LogP contribution in [0.25, 0.3) is 44.1 Å². The van der Waals surface area contributed by atoms with Crippen LogP contribution in [-0.4, -0.2) is 23.3 Å². The van der Waals surface area contributed by atoms with Crippen LogP contribution in [0.3, 0.4) is 0 Å². The lowest BCUT2D eigenvalue weighted by atomic mass is 9.77. The molecule has 3 nitrogen and oxygen atoms in total. The van der Waals surface area contributed by atoms with Crippen LogP contribution < -0.4 is 0 Å². The van der Waals surface area contributed by atoms with Gasteiger partial charge in [0.25, 0.3) is 0 Å². The molecule has 0 bridgehead atoms. The van der Waals surface area contributed by atoms with E-state index in [1.165, 1.54) is 32.7 Å². The van der Waals surface area contributed by atoms with Crippen molar-refractivity contribution in [3.05, 3.63) is 101 Å². The summed E-state index contributed by atoms with van der Waals surface area (Å²) in [5.41, 5.74) is 12.4. The van der Waals surface area contributed by atoms with Gasteiger partial charge in [0.2, 0.25) is 0 Å². The second-order valence-corrected chi connectivity index (χ2v) is 11.1. The average Bonchev–Trinajstić information content (AvgIpc) is 3.14. The van der Waals surface area contributed by atoms with Gasteiger partial charge in [-0.2, -0.15) is 0 Å². The van der Waals surface area contributed by atoms with Gasteiger partial charge in [0.15, 0.2) is 0 Å². The molecule has 7 rings (SSSR count). The number of hydrogen-bond donors (Lipinski definition) is 0. The Morgan fingerprint density at radius 1 is 0.784 bits per heavy atom. The van der Waals surface area contributed by atoms with E-state index < -0.39 is 18.3 Å². The topological polar surface area (TPSA) is 31.4 Å². The molecule has 2 heterocycles. The van der Waals surface area contributed by atoms with E-state index in [9.17, 15) is 0 Å². The highest BCUT2D eigenvalue weighted by Gasteiger charge is 2.52. The lowest BCUT2D eigenvalue weighted by Crippen LogP contribution is -2.41. The van der Waals surface area contributed by atoms with E-state index in [1.54, 1.807) is 0 Å². The van der Waals surface area contributed by atoms with E-state index in [1.807, 2.05) is 6.08 Å². The minimum absolute atomic E-state index is 0.394. The van der Waals surface area contributed by atoms with E-state index in [-0.39, 0.29) is 0 Å². The van der Waals surface area contributed by atoms with Gasteiger partial charge in [-0.15, -0.1) is 0 Å². The van der Waals surface area contributed by atoms with Crippen molar-refractivity contribution in [1.82, 2.24) is 4.98 Å². The zero-order valence-electron chi connectivity index (χ0n) is 21.7. The van der Waals surface area contributed by atoms with E-state index in [4.69, 9.17) is 14.3 Å². The van der Waals surface area contributed by atoms with Crippen molar-refractivity contribution < 1.29 is 9.31 Å². The Bertz CT molecular complexity index is 1800. The number of benzene rings is 3. The standard InChI is InChI=1S/C33H28BNO2/c1-32(2)33(3,4)37-34(36-32)22-19-17-21(18-20-22)30-28-16-10-8-14-26(28)29-25-13-7-5-11-23(25)24-12-6-9-15-27(24)31(29)35-30/h6-10,12-17,19H,5,11H2,1-4H3. The summed E-state index contributed by atoms with van der Waals surface area (Å²) >= 11 is 0. The van der Waals surface area contributed by atoms with Crippen LogP contribution >= 0.6 is 0 Å². The van der Waals surface area contributed by atoms with E-state index in [0.717, 1.165) is 40.5 Å². The SMILES string of the molecule is CC1(C)OB(C2=C=C=C(c3nc4c5ccccc5c5c(c4c4ccccc34)C=CCC5)C=C2)OC1(C)C. The molecule has 3 aromatic carbocycles. The van der Waals surface area contributed by atoms with Gasteiger partial charge in [-0.05, 0) is 68.5 Å². The fourth-order valence-electron chi connectivity index (χ4n) is 5.71. The van der Waals surface area contributed by atoms with E-state index >= 15 is 0 Å². The Morgan fingerprint density at radius 3 is 2.16 bits per heavy atom. The summed E-state index contributed by atoms with van der Waals surface area (Å²) in [5, 5.41) is 6.09. The maximum absolute atomic E-state index is 6.23. The molecular weight excluding hydrogens is 453 g/mol. The fourth-order valence-corrected chi connectivity index (χ4v) is 5.71. The van der Waals surface area contributed by atoms with Gasteiger partial charge in [0.05, 0.1) is 28.0 Å². The molecule has 1 aromatic heterocycles. The second-order valence-electron chi connectivity index (χ2n) is 11.1. The maximum Gasteiger partial charge on any atom is 0.503 e. The van der Waals surface area contributed by atoms with Crippen molar-refractivity contribution >= 4 is 51.2 Å². The summed E-state index contributed by atoms with van der Waals surface area (Å²) in [6, 6.07) is 17.3. The monoisotopic (exact) mass is 481 g/mol. The number of pyridine rings is 1. The summed E-state index contributed by atoms with van der Waals surface area (Å²) in [4.78, 5) is 5.34. The predicted octanol–water partition coefficient (Wildman–Crippen LogP) is 7.77. The summed E-state index contributed by atoms with van der Waals surface area (Å²) in [6.07, 6.45) is 10.8. The van der Waals surface area contributed by atoms with E-state index in [0.29, 0.717) is 0 Å². The van der Waals surface area contributed by atoms with Gasteiger partial charge in [0, 0.05) is 21.6 Å². The Kier molecular flexibility index (Phi) is 4.83. The summed E-state index contributed by atoms with van der Waals surface area (Å²) < 4.78 is 12.5. The van der Waals surface area contributed by atoms with Gasteiger partial charge >= 0.3 is 7.12 Å². The van der Waals surface area contributed by atoms with E-state index in [2.05, 4.69) is 106 Å². The minimum atomic E-state index is -0.459. The van der Waals surface area contributed by atoms with Crippen molar-refractivity contribution in [2.24, 2.45) is 0 Å². The zero-order valence-corrected chi connectivity index (χ0v) is 21.7. The molecule has 1 saturated heterocycles. The number of rotatable bonds is 2. The number of allylic oxidation sites excluding steroid dienone is 5. The van der Waals surface area contributed by atoms with Gasteiger partial charge in [-0.1, -0.05) is 78.2 Å². The smallest absolute Gasteiger partial charge is 0.399 e. The van der Waals surface area contributed by atoms with Gasteiger partial charge in [-0.3, -0.25) is 0 Å². The summed E-state index contributed by atoms with van der Waals surface area (Å²) in [6.45, 7) is 8.26. The number of fused-ring (bicyclic) bond motifs is 8. The number of hydrogen-bond acceptors (Lipinski definition) is 3. The Morgan fingerprint density at radius 2 is 1.46 bits per heavy atom. The third-order valence-electron chi connectivity index (χ3n) is 8.39. The molecule has 2 aliphatic carbocycles. The molecule has 0 atom stereocenters. The van der Waals surface area contributed by atoms with Crippen molar-refractivity contribution in [2.75, 3.05) is 0 Å². The van der Waals surface area contributed by atoms with Crippen LogP contribution in [0, 0.1) is 0 Å². The molecular formula is C33H28BNO2. The lowest BCUT2D eigenvalue weighted by Gasteiger charge is -2.32. The first kappa shape index (κ1) is 22.5. The molecule has 0 spiro atoms. The van der Waals surface area contributed by atoms with Crippen LogP contribution in [0.1, 0.15) is 50.9 Å². The molecule has 4 aromatic rings. The molecule has 0 unspecified atom stereocenters.